The topological polar surface area (TPSA) is 75.3 Å². The first-order valence-electron chi connectivity index (χ1n) is 4.97. The molecule has 1 rings (SSSR count). The van der Waals surface area contributed by atoms with Gasteiger partial charge in [0.15, 0.2) is 0 Å². The Morgan fingerprint density at radius 2 is 2.06 bits per heavy atom. The van der Waals surface area contributed by atoms with Gasteiger partial charge in [0.2, 0.25) is 10.0 Å². The van der Waals surface area contributed by atoms with Crippen molar-refractivity contribution in [3.63, 3.8) is 0 Å². The van der Waals surface area contributed by atoms with E-state index in [1.54, 1.807) is 0 Å². The summed E-state index contributed by atoms with van der Waals surface area (Å²) in [4.78, 5) is 11.5. The minimum Gasteiger partial charge on any atom is -0.355 e. The monoisotopic (exact) mass is 310 g/mol. The number of hydrogen-bond donors (Lipinski definition) is 2. The van der Waals surface area contributed by atoms with E-state index in [0.717, 1.165) is 0 Å². The van der Waals surface area contributed by atoms with Crippen LogP contribution in [0.1, 0.15) is 10.4 Å². The molecule has 5 nitrogen and oxygen atoms in total. The van der Waals surface area contributed by atoms with Gasteiger partial charge >= 0.3 is 0 Å². The number of hydrogen-bond acceptors (Lipinski definition) is 3. The lowest BCUT2D eigenvalue weighted by Gasteiger charge is -2.09. The van der Waals surface area contributed by atoms with Crippen molar-refractivity contribution in [2.24, 2.45) is 0 Å². The molecule has 0 atom stereocenters. The molecule has 0 aliphatic carbocycles. The second kappa shape index (κ2) is 6.26. The molecule has 0 aliphatic rings. The third kappa shape index (κ3) is 4.04. The molecule has 0 radical (unpaired) electrons. The van der Waals surface area contributed by atoms with Gasteiger partial charge in [-0.25, -0.2) is 8.42 Å². The maximum absolute atomic E-state index is 11.5. The lowest BCUT2D eigenvalue weighted by Crippen LogP contribution is -2.20. The van der Waals surface area contributed by atoms with E-state index in [0.29, 0.717) is 0 Å². The second-order valence-electron chi connectivity index (χ2n) is 3.38. The van der Waals surface area contributed by atoms with E-state index in [1.807, 2.05) is 0 Å². The van der Waals surface area contributed by atoms with E-state index in [-0.39, 0.29) is 27.9 Å². The van der Waals surface area contributed by atoms with Crippen molar-refractivity contribution in [3.8, 4) is 0 Å². The van der Waals surface area contributed by atoms with Gasteiger partial charge in [-0.05, 0) is 18.2 Å². The number of carbonyl (C=O) groups is 1. The highest BCUT2D eigenvalue weighted by Crippen LogP contribution is 2.21. The number of carbonyl (C=O) groups excluding carboxylic acids is 1. The molecule has 0 unspecified atom stereocenters. The van der Waals surface area contributed by atoms with Gasteiger partial charge in [-0.2, -0.15) is 0 Å². The normalized spacial score (nSPS) is 11.1. The van der Waals surface area contributed by atoms with Crippen LogP contribution in [0.5, 0.6) is 0 Å². The molecule has 0 fully saturated rings. The van der Waals surface area contributed by atoms with E-state index in [2.05, 4.69) is 10.0 Å². The second-order valence-corrected chi connectivity index (χ2v) is 6.01. The van der Waals surface area contributed by atoms with Crippen LogP contribution in [0.2, 0.25) is 5.02 Å². The van der Waals surface area contributed by atoms with E-state index >= 15 is 0 Å². The molecule has 0 saturated carbocycles. The van der Waals surface area contributed by atoms with Crippen molar-refractivity contribution in [1.29, 1.82) is 0 Å². The van der Waals surface area contributed by atoms with Crippen molar-refractivity contribution in [2.75, 3.05) is 23.4 Å². The molecule has 0 heterocycles. The van der Waals surface area contributed by atoms with Crippen LogP contribution in [0, 0.1) is 0 Å². The lowest BCUT2D eigenvalue weighted by molar-refractivity contribution is 0.0963. The summed E-state index contributed by atoms with van der Waals surface area (Å²) >= 11 is 11.2. The molecule has 0 saturated heterocycles. The average Bonchev–Trinajstić information content (AvgIpc) is 2.30. The SMILES string of the molecule is CNC(=O)c1cc(NS(=O)(=O)CCCl)ccc1Cl. The molecule has 2 N–H and O–H groups in total. The quantitative estimate of drug-likeness (QED) is 0.812. The van der Waals surface area contributed by atoms with Crippen molar-refractivity contribution in [1.82, 2.24) is 5.32 Å². The summed E-state index contributed by atoms with van der Waals surface area (Å²) in [5.74, 6) is -0.601. The van der Waals surface area contributed by atoms with Crippen LogP contribution in [-0.2, 0) is 10.0 Å². The predicted octanol–water partition coefficient (Wildman–Crippen LogP) is 1.68. The molecular formula is C10H12Cl2N2O3S. The molecule has 0 aliphatic heterocycles. The molecule has 1 amide bonds. The smallest absolute Gasteiger partial charge is 0.252 e. The minimum absolute atomic E-state index is 0.00870. The summed E-state index contributed by atoms with van der Waals surface area (Å²) in [6, 6.07) is 4.29. The Morgan fingerprint density at radius 3 is 2.61 bits per heavy atom. The molecule has 100 valence electrons. The number of benzene rings is 1. The highest BCUT2D eigenvalue weighted by Gasteiger charge is 2.13. The van der Waals surface area contributed by atoms with Crippen molar-refractivity contribution < 1.29 is 13.2 Å². The number of halogens is 2. The van der Waals surface area contributed by atoms with Gasteiger partial charge in [-0.3, -0.25) is 9.52 Å². The Labute approximate surface area is 116 Å². The third-order valence-corrected chi connectivity index (χ3v) is 4.09. The van der Waals surface area contributed by atoms with Gasteiger partial charge in [-0.15, -0.1) is 11.6 Å². The first kappa shape index (κ1) is 15.1. The molecule has 1 aromatic rings. The highest BCUT2D eigenvalue weighted by atomic mass is 35.5. The number of anilines is 1. The number of nitrogens with one attached hydrogen (secondary N) is 2. The van der Waals surface area contributed by atoms with Crippen molar-refractivity contribution in [2.45, 2.75) is 0 Å². The van der Waals surface area contributed by atoms with E-state index in [1.165, 1.54) is 25.2 Å². The molecule has 0 bridgehead atoms. The zero-order valence-electron chi connectivity index (χ0n) is 9.54. The third-order valence-electron chi connectivity index (χ3n) is 2.06. The molecule has 0 aromatic heterocycles. The first-order valence-corrected chi connectivity index (χ1v) is 7.54. The van der Waals surface area contributed by atoms with Crippen LogP contribution < -0.4 is 10.0 Å². The van der Waals surface area contributed by atoms with E-state index < -0.39 is 15.9 Å². The highest BCUT2D eigenvalue weighted by molar-refractivity contribution is 7.92. The van der Waals surface area contributed by atoms with Crippen LogP contribution in [0.4, 0.5) is 5.69 Å². The fraction of sp³-hybridized carbons (Fsp3) is 0.300. The van der Waals surface area contributed by atoms with Crippen LogP contribution in [0.3, 0.4) is 0 Å². The fourth-order valence-electron chi connectivity index (χ4n) is 1.23. The standard InChI is InChI=1S/C10H12Cl2N2O3S/c1-13-10(15)8-6-7(2-3-9(8)12)14-18(16,17)5-4-11/h2-3,6,14H,4-5H2,1H3,(H,13,15). The molecule has 8 heteroatoms. The zero-order valence-corrected chi connectivity index (χ0v) is 11.9. The minimum atomic E-state index is -3.50. The van der Waals surface area contributed by atoms with Gasteiger partial charge in [-0.1, -0.05) is 11.6 Å². The Hall–Kier alpha value is -0.980. The Morgan fingerprint density at radius 1 is 1.39 bits per heavy atom. The zero-order chi connectivity index (χ0) is 13.8. The Kier molecular flexibility index (Phi) is 5.25. The molecular weight excluding hydrogens is 299 g/mol. The summed E-state index contributed by atoms with van der Waals surface area (Å²) in [6.45, 7) is 0. The maximum Gasteiger partial charge on any atom is 0.252 e. The fourth-order valence-corrected chi connectivity index (χ4v) is 2.83. The number of sulfonamides is 1. The van der Waals surface area contributed by atoms with Gasteiger partial charge < -0.3 is 5.32 Å². The van der Waals surface area contributed by atoms with Crippen LogP contribution in [-0.4, -0.2) is 33.0 Å². The van der Waals surface area contributed by atoms with Crippen molar-refractivity contribution in [3.05, 3.63) is 28.8 Å². The van der Waals surface area contributed by atoms with Crippen LogP contribution in [0.25, 0.3) is 0 Å². The molecule has 1 aromatic carbocycles. The van der Waals surface area contributed by atoms with Gasteiger partial charge in [0.1, 0.15) is 0 Å². The van der Waals surface area contributed by atoms with Crippen LogP contribution in [0.15, 0.2) is 18.2 Å². The number of alkyl halides is 1. The van der Waals surface area contributed by atoms with Gasteiger partial charge in [0.25, 0.3) is 5.91 Å². The Bertz CT molecular complexity index is 546. The van der Waals surface area contributed by atoms with Crippen molar-refractivity contribution >= 4 is 44.8 Å². The Balaban J connectivity index is 3.03. The first-order chi connectivity index (χ1) is 8.39. The maximum atomic E-state index is 11.5. The lowest BCUT2D eigenvalue weighted by atomic mass is 10.2. The summed E-state index contributed by atoms with van der Waals surface area (Å²) < 4.78 is 25.3. The number of rotatable bonds is 5. The van der Waals surface area contributed by atoms with Crippen LogP contribution >= 0.6 is 23.2 Å². The van der Waals surface area contributed by atoms with E-state index in [9.17, 15) is 13.2 Å². The molecule has 0 spiro atoms. The predicted molar refractivity (Wildman–Crippen MR) is 73.0 cm³/mol. The van der Waals surface area contributed by atoms with Gasteiger partial charge in [0.05, 0.1) is 16.3 Å². The summed E-state index contributed by atoms with van der Waals surface area (Å²) in [5, 5.41) is 2.66. The largest absolute Gasteiger partial charge is 0.355 e. The number of amides is 1. The molecule has 18 heavy (non-hydrogen) atoms. The summed E-state index contributed by atoms with van der Waals surface area (Å²) in [7, 11) is -2.04. The summed E-state index contributed by atoms with van der Waals surface area (Å²) in [5.41, 5.74) is 0.466. The average molecular weight is 311 g/mol. The summed E-state index contributed by atoms with van der Waals surface area (Å²) in [6.07, 6.45) is 0. The van der Waals surface area contributed by atoms with E-state index in [4.69, 9.17) is 23.2 Å². The van der Waals surface area contributed by atoms with Gasteiger partial charge in [0, 0.05) is 18.6 Å².